The number of aliphatic carboxylic acids is 1. The van der Waals surface area contributed by atoms with E-state index in [2.05, 4.69) is 0 Å². The predicted octanol–water partition coefficient (Wildman–Crippen LogP) is 2.11. The fourth-order valence-electron chi connectivity index (χ4n) is 1.04. The number of carboxylic acids is 1. The standard InChI is InChI=1S/C11H14FNO2S/c1-11(13,10(14)15)5-6-16-9-4-2-3-8(12)7-9/h2-4,7H,5-6,13H2,1H3,(H,14,15). The van der Waals surface area contributed by atoms with Crippen molar-refractivity contribution >= 4 is 17.7 Å². The normalized spacial score (nSPS) is 14.4. The van der Waals surface area contributed by atoms with Crippen molar-refractivity contribution in [3.63, 3.8) is 0 Å². The molecule has 88 valence electrons. The fourth-order valence-corrected chi connectivity index (χ4v) is 2.18. The van der Waals surface area contributed by atoms with Gasteiger partial charge in [-0.2, -0.15) is 0 Å². The molecule has 0 fully saturated rings. The van der Waals surface area contributed by atoms with Gasteiger partial charge in [-0.1, -0.05) is 6.07 Å². The van der Waals surface area contributed by atoms with Crippen LogP contribution in [0.15, 0.2) is 29.2 Å². The van der Waals surface area contributed by atoms with Gasteiger partial charge in [0.2, 0.25) is 0 Å². The maximum absolute atomic E-state index is 12.8. The summed E-state index contributed by atoms with van der Waals surface area (Å²) in [7, 11) is 0. The molecule has 0 saturated heterocycles. The first-order valence-corrected chi connectivity index (χ1v) is 5.81. The molecule has 0 spiro atoms. The largest absolute Gasteiger partial charge is 0.480 e. The van der Waals surface area contributed by atoms with Crippen LogP contribution >= 0.6 is 11.8 Å². The molecule has 0 aliphatic heterocycles. The zero-order valence-corrected chi connectivity index (χ0v) is 9.76. The Kier molecular flexibility index (Phi) is 4.32. The van der Waals surface area contributed by atoms with Crippen LogP contribution in [0.1, 0.15) is 13.3 Å². The second kappa shape index (κ2) is 5.32. The number of halogens is 1. The summed E-state index contributed by atoms with van der Waals surface area (Å²) < 4.78 is 12.8. The molecular formula is C11H14FNO2S. The molecule has 0 amide bonds. The van der Waals surface area contributed by atoms with E-state index in [9.17, 15) is 9.18 Å². The summed E-state index contributed by atoms with van der Waals surface area (Å²) in [6, 6.07) is 6.19. The van der Waals surface area contributed by atoms with Crippen LogP contribution in [-0.4, -0.2) is 22.4 Å². The number of thioether (sulfide) groups is 1. The van der Waals surface area contributed by atoms with E-state index in [1.807, 2.05) is 0 Å². The first-order chi connectivity index (χ1) is 7.42. The summed E-state index contributed by atoms with van der Waals surface area (Å²) in [5, 5.41) is 8.79. The smallest absolute Gasteiger partial charge is 0.323 e. The highest BCUT2D eigenvalue weighted by atomic mass is 32.2. The Morgan fingerprint density at radius 2 is 2.31 bits per heavy atom. The lowest BCUT2D eigenvalue weighted by atomic mass is 10.0. The van der Waals surface area contributed by atoms with Crippen molar-refractivity contribution in [1.82, 2.24) is 0 Å². The first-order valence-electron chi connectivity index (χ1n) is 4.82. The van der Waals surface area contributed by atoms with Crippen molar-refractivity contribution in [3.05, 3.63) is 30.1 Å². The molecule has 1 unspecified atom stereocenters. The Morgan fingerprint density at radius 1 is 1.62 bits per heavy atom. The average Bonchev–Trinajstić information content (AvgIpc) is 2.17. The van der Waals surface area contributed by atoms with Gasteiger partial charge >= 0.3 is 5.97 Å². The van der Waals surface area contributed by atoms with Gasteiger partial charge in [0, 0.05) is 10.6 Å². The van der Waals surface area contributed by atoms with Crippen molar-refractivity contribution in [3.8, 4) is 0 Å². The molecule has 0 aromatic heterocycles. The summed E-state index contributed by atoms with van der Waals surface area (Å²) in [4.78, 5) is 11.5. The maximum Gasteiger partial charge on any atom is 0.323 e. The summed E-state index contributed by atoms with van der Waals surface area (Å²) >= 11 is 1.40. The van der Waals surface area contributed by atoms with Crippen molar-refractivity contribution in [2.45, 2.75) is 23.8 Å². The van der Waals surface area contributed by atoms with Gasteiger partial charge in [0.15, 0.2) is 0 Å². The van der Waals surface area contributed by atoms with Crippen LogP contribution in [-0.2, 0) is 4.79 Å². The highest BCUT2D eigenvalue weighted by Gasteiger charge is 2.26. The monoisotopic (exact) mass is 243 g/mol. The zero-order valence-electron chi connectivity index (χ0n) is 8.94. The van der Waals surface area contributed by atoms with Crippen molar-refractivity contribution in [2.24, 2.45) is 5.73 Å². The molecule has 0 aliphatic carbocycles. The average molecular weight is 243 g/mol. The first kappa shape index (κ1) is 13.0. The summed E-state index contributed by atoms with van der Waals surface area (Å²) in [5.74, 6) is -0.769. The SMILES string of the molecule is CC(N)(CCSc1cccc(F)c1)C(=O)O. The maximum atomic E-state index is 12.8. The lowest BCUT2D eigenvalue weighted by Crippen LogP contribution is -2.45. The molecule has 0 heterocycles. The Balaban J connectivity index is 2.45. The molecule has 0 aliphatic rings. The number of carbonyl (C=O) groups is 1. The minimum Gasteiger partial charge on any atom is -0.480 e. The fraction of sp³-hybridized carbons (Fsp3) is 0.364. The van der Waals surface area contributed by atoms with Crippen LogP contribution in [0.2, 0.25) is 0 Å². The van der Waals surface area contributed by atoms with E-state index in [1.54, 1.807) is 12.1 Å². The molecule has 0 radical (unpaired) electrons. The van der Waals surface area contributed by atoms with E-state index in [0.29, 0.717) is 12.2 Å². The van der Waals surface area contributed by atoms with E-state index in [-0.39, 0.29) is 5.82 Å². The van der Waals surface area contributed by atoms with E-state index in [0.717, 1.165) is 4.90 Å². The molecule has 0 bridgehead atoms. The molecule has 16 heavy (non-hydrogen) atoms. The summed E-state index contributed by atoms with van der Waals surface area (Å²) in [6.45, 7) is 1.47. The number of benzene rings is 1. The van der Waals surface area contributed by atoms with Gasteiger partial charge in [-0.3, -0.25) is 4.79 Å². The second-order valence-corrected chi connectivity index (χ2v) is 4.95. The van der Waals surface area contributed by atoms with Crippen LogP contribution < -0.4 is 5.73 Å². The van der Waals surface area contributed by atoms with Crippen LogP contribution in [0, 0.1) is 5.82 Å². The highest BCUT2D eigenvalue weighted by molar-refractivity contribution is 7.99. The molecule has 1 atom stereocenters. The van der Waals surface area contributed by atoms with Gasteiger partial charge in [-0.05, 0) is 31.5 Å². The molecule has 3 nitrogen and oxygen atoms in total. The van der Waals surface area contributed by atoms with E-state index >= 15 is 0 Å². The minimum absolute atomic E-state index is 0.293. The third-order valence-corrected chi connectivity index (χ3v) is 3.17. The molecule has 0 saturated carbocycles. The van der Waals surface area contributed by atoms with Crippen LogP contribution in [0.4, 0.5) is 4.39 Å². The van der Waals surface area contributed by atoms with Crippen molar-refractivity contribution in [2.75, 3.05) is 5.75 Å². The van der Waals surface area contributed by atoms with E-state index in [4.69, 9.17) is 10.8 Å². The van der Waals surface area contributed by atoms with Crippen LogP contribution in [0.25, 0.3) is 0 Å². The van der Waals surface area contributed by atoms with Gasteiger partial charge in [0.1, 0.15) is 11.4 Å². The third-order valence-electron chi connectivity index (χ3n) is 2.17. The number of hydrogen-bond donors (Lipinski definition) is 2. The quantitative estimate of drug-likeness (QED) is 0.777. The van der Waals surface area contributed by atoms with Crippen molar-refractivity contribution < 1.29 is 14.3 Å². The van der Waals surface area contributed by atoms with E-state index < -0.39 is 11.5 Å². The molecule has 3 N–H and O–H groups in total. The molecular weight excluding hydrogens is 229 g/mol. The van der Waals surface area contributed by atoms with Gasteiger partial charge in [-0.25, -0.2) is 4.39 Å². The Hall–Kier alpha value is -1.07. The van der Waals surface area contributed by atoms with Gasteiger partial charge < -0.3 is 10.8 Å². The summed E-state index contributed by atoms with van der Waals surface area (Å²) in [6.07, 6.45) is 0.337. The number of carboxylic acid groups (broad SMARTS) is 1. The Labute approximate surface area is 97.8 Å². The number of rotatable bonds is 5. The highest BCUT2D eigenvalue weighted by Crippen LogP contribution is 2.21. The Morgan fingerprint density at radius 3 is 2.88 bits per heavy atom. The second-order valence-electron chi connectivity index (χ2n) is 3.78. The van der Waals surface area contributed by atoms with Crippen molar-refractivity contribution in [1.29, 1.82) is 0 Å². The van der Waals surface area contributed by atoms with Crippen LogP contribution in [0.3, 0.4) is 0 Å². The topological polar surface area (TPSA) is 63.3 Å². The molecule has 1 rings (SSSR count). The van der Waals surface area contributed by atoms with Gasteiger partial charge in [-0.15, -0.1) is 11.8 Å². The lowest BCUT2D eigenvalue weighted by Gasteiger charge is -2.18. The molecule has 1 aromatic carbocycles. The predicted molar refractivity (Wildman–Crippen MR) is 62.0 cm³/mol. The number of nitrogens with two attached hydrogens (primary N) is 1. The van der Waals surface area contributed by atoms with Gasteiger partial charge in [0.05, 0.1) is 0 Å². The number of hydrogen-bond acceptors (Lipinski definition) is 3. The lowest BCUT2D eigenvalue weighted by molar-refractivity contribution is -0.142. The third kappa shape index (κ3) is 3.83. The minimum atomic E-state index is -1.22. The molecule has 5 heteroatoms. The van der Waals surface area contributed by atoms with Crippen LogP contribution in [0.5, 0.6) is 0 Å². The zero-order chi connectivity index (χ0) is 12.2. The van der Waals surface area contributed by atoms with E-state index in [1.165, 1.54) is 30.8 Å². The Bertz CT molecular complexity index is 382. The molecule has 1 aromatic rings. The summed E-state index contributed by atoms with van der Waals surface area (Å²) in [5.41, 5.74) is 4.34. The van der Waals surface area contributed by atoms with Gasteiger partial charge in [0.25, 0.3) is 0 Å².